The maximum absolute atomic E-state index is 10.1. The van der Waals surface area contributed by atoms with Gasteiger partial charge in [-0.2, -0.15) is 0 Å². The van der Waals surface area contributed by atoms with Gasteiger partial charge in [-0.05, 0) is 29.8 Å². The fraction of sp³-hybridized carbons (Fsp3) is 0.133. The van der Waals surface area contributed by atoms with E-state index in [1.807, 2.05) is 36.4 Å². The second-order valence-corrected chi connectivity index (χ2v) is 5.41. The molecule has 3 aromatic rings. The van der Waals surface area contributed by atoms with Crippen molar-refractivity contribution in [3.8, 4) is 0 Å². The van der Waals surface area contributed by atoms with E-state index >= 15 is 0 Å². The minimum atomic E-state index is -0.574. The third kappa shape index (κ3) is 2.79. The van der Waals surface area contributed by atoms with Gasteiger partial charge >= 0.3 is 0 Å². The Labute approximate surface area is 120 Å². The highest BCUT2D eigenvalue weighted by Gasteiger charge is 2.11. The summed E-state index contributed by atoms with van der Waals surface area (Å²) in [6.07, 6.45) is -0.574. The predicted molar refractivity (Wildman–Crippen MR) is 80.5 cm³/mol. The van der Waals surface area contributed by atoms with E-state index in [1.54, 1.807) is 12.1 Å². The Hall–Kier alpha value is -1.98. The lowest BCUT2D eigenvalue weighted by Gasteiger charge is -2.09. The quantitative estimate of drug-likeness (QED) is 0.569. The molecular weight excluding hydrogens is 272 g/mol. The first-order chi connectivity index (χ1) is 9.72. The fourth-order valence-electron chi connectivity index (χ4n) is 1.88. The number of thioether (sulfide) groups is 1. The molecule has 1 heterocycles. The van der Waals surface area contributed by atoms with E-state index in [-0.39, 0.29) is 0 Å². The number of benzene rings is 2. The van der Waals surface area contributed by atoms with Crippen LogP contribution in [0.1, 0.15) is 11.7 Å². The summed E-state index contributed by atoms with van der Waals surface area (Å²) >= 11 is 1.39. The van der Waals surface area contributed by atoms with Crippen LogP contribution in [0, 0.1) is 0 Å². The zero-order valence-electron chi connectivity index (χ0n) is 10.7. The summed E-state index contributed by atoms with van der Waals surface area (Å²) in [7, 11) is 0. The van der Waals surface area contributed by atoms with Crippen LogP contribution in [0.4, 0.5) is 5.69 Å². The van der Waals surface area contributed by atoms with E-state index in [1.165, 1.54) is 11.8 Å². The molecule has 1 unspecified atom stereocenters. The van der Waals surface area contributed by atoms with Crippen LogP contribution < -0.4 is 5.73 Å². The van der Waals surface area contributed by atoms with Crippen LogP contribution in [0.15, 0.2) is 58.2 Å². The van der Waals surface area contributed by atoms with Gasteiger partial charge in [0, 0.05) is 11.4 Å². The number of hydrogen-bond acceptors (Lipinski definition) is 5. The molecule has 1 atom stereocenters. The van der Waals surface area contributed by atoms with Gasteiger partial charge in [-0.1, -0.05) is 36.0 Å². The molecule has 0 saturated carbocycles. The molecule has 0 bridgehead atoms. The van der Waals surface area contributed by atoms with Gasteiger partial charge in [-0.15, -0.1) is 0 Å². The monoisotopic (exact) mass is 286 g/mol. The summed E-state index contributed by atoms with van der Waals surface area (Å²) in [5.74, 6) is 0.483. The second kappa shape index (κ2) is 5.56. The number of oxazole rings is 1. The number of nitrogens with two attached hydrogens (primary N) is 1. The van der Waals surface area contributed by atoms with Gasteiger partial charge < -0.3 is 15.3 Å². The molecule has 5 heteroatoms. The molecule has 3 rings (SSSR count). The van der Waals surface area contributed by atoms with Crippen LogP contribution in [0.5, 0.6) is 0 Å². The van der Waals surface area contributed by atoms with Crippen molar-refractivity contribution in [1.29, 1.82) is 0 Å². The lowest BCUT2D eigenvalue weighted by atomic mass is 10.1. The van der Waals surface area contributed by atoms with Gasteiger partial charge in [-0.25, -0.2) is 4.98 Å². The lowest BCUT2D eigenvalue weighted by Crippen LogP contribution is -2.00. The number of aromatic nitrogens is 1. The normalized spacial score (nSPS) is 12.7. The summed E-state index contributed by atoms with van der Waals surface area (Å²) in [6, 6.07) is 14.8. The predicted octanol–water partition coefficient (Wildman–Crippen LogP) is 3.24. The van der Waals surface area contributed by atoms with Crippen molar-refractivity contribution in [2.24, 2.45) is 0 Å². The molecule has 2 aromatic carbocycles. The molecule has 1 aromatic heterocycles. The minimum absolute atomic E-state index is 0.483. The van der Waals surface area contributed by atoms with Crippen molar-refractivity contribution in [2.75, 3.05) is 11.5 Å². The van der Waals surface area contributed by atoms with Crippen molar-refractivity contribution < 1.29 is 9.52 Å². The van der Waals surface area contributed by atoms with Gasteiger partial charge in [0.15, 0.2) is 5.58 Å². The van der Waals surface area contributed by atoms with Crippen molar-refractivity contribution in [3.05, 3.63) is 54.1 Å². The molecule has 3 N–H and O–H groups in total. The number of anilines is 1. The zero-order valence-corrected chi connectivity index (χ0v) is 11.5. The maximum atomic E-state index is 10.1. The van der Waals surface area contributed by atoms with Crippen LogP contribution in [-0.4, -0.2) is 15.8 Å². The highest BCUT2D eigenvalue weighted by molar-refractivity contribution is 7.99. The van der Waals surface area contributed by atoms with Crippen molar-refractivity contribution >= 4 is 28.5 Å². The summed E-state index contributed by atoms with van der Waals surface area (Å²) in [4.78, 5) is 4.36. The zero-order chi connectivity index (χ0) is 13.9. The Morgan fingerprint density at radius 3 is 2.65 bits per heavy atom. The van der Waals surface area contributed by atoms with Crippen molar-refractivity contribution in [1.82, 2.24) is 4.98 Å². The molecule has 4 nitrogen and oxygen atoms in total. The third-order valence-corrected chi connectivity index (χ3v) is 3.86. The Balaban J connectivity index is 1.68. The first-order valence-electron chi connectivity index (χ1n) is 6.24. The molecule has 0 spiro atoms. The van der Waals surface area contributed by atoms with E-state index in [0.29, 0.717) is 16.7 Å². The van der Waals surface area contributed by atoms with E-state index in [9.17, 15) is 5.11 Å². The summed E-state index contributed by atoms with van der Waals surface area (Å²) in [5.41, 5.74) is 8.74. The molecule has 0 saturated heterocycles. The number of rotatable bonds is 4. The Morgan fingerprint density at radius 2 is 1.90 bits per heavy atom. The molecule has 0 fully saturated rings. The van der Waals surface area contributed by atoms with Crippen LogP contribution >= 0.6 is 11.8 Å². The van der Waals surface area contributed by atoms with Gasteiger partial charge in [0.2, 0.25) is 0 Å². The molecule has 0 aliphatic carbocycles. The highest BCUT2D eigenvalue weighted by Crippen LogP contribution is 2.27. The molecule has 20 heavy (non-hydrogen) atoms. The first kappa shape index (κ1) is 13.0. The van der Waals surface area contributed by atoms with Crippen LogP contribution in [0.3, 0.4) is 0 Å². The molecular formula is C15H14N2O2S. The highest BCUT2D eigenvalue weighted by atomic mass is 32.2. The van der Waals surface area contributed by atoms with Gasteiger partial charge in [0.1, 0.15) is 5.52 Å². The van der Waals surface area contributed by atoms with Gasteiger partial charge in [-0.3, -0.25) is 0 Å². The number of para-hydroxylation sites is 2. The van der Waals surface area contributed by atoms with E-state index < -0.39 is 6.10 Å². The smallest absolute Gasteiger partial charge is 0.256 e. The summed E-state index contributed by atoms with van der Waals surface area (Å²) in [5, 5.41) is 10.7. The number of aliphatic hydroxyl groups is 1. The average Bonchev–Trinajstić information content (AvgIpc) is 2.88. The fourth-order valence-corrected chi connectivity index (χ4v) is 2.68. The topological polar surface area (TPSA) is 72.3 Å². The van der Waals surface area contributed by atoms with E-state index in [0.717, 1.165) is 16.7 Å². The first-order valence-corrected chi connectivity index (χ1v) is 7.23. The van der Waals surface area contributed by atoms with Crippen molar-refractivity contribution in [2.45, 2.75) is 11.3 Å². The van der Waals surface area contributed by atoms with Crippen molar-refractivity contribution in [3.63, 3.8) is 0 Å². The Morgan fingerprint density at radius 1 is 1.15 bits per heavy atom. The largest absolute Gasteiger partial charge is 0.431 e. The van der Waals surface area contributed by atoms with Gasteiger partial charge in [0.25, 0.3) is 5.22 Å². The summed E-state index contributed by atoms with van der Waals surface area (Å²) < 4.78 is 5.59. The average molecular weight is 286 g/mol. The van der Waals surface area contributed by atoms with E-state index in [4.69, 9.17) is 10.2 Å². The minimum Gasteiger partial charge on any atom is -0.431 e. The van der Waals surface area contributed by atoms with Crippen LogP contribution in [0.2, 0.25) is 0 Å². The number of nitrogens with zero attached hydrogens (tertiary/aromatic N) is 1. The van der Waals surface area contributed by atoms with Crippen LogP contribution in [0.25, 0.3) is 11.1 Å². The molecule has 0 aliphatic heterocycles. The second-order valence-electron chi connectivity index (χ2n) is 4.44. The molecule has 0 radical (unpaired) electrons. The van der Waals surface area contributed by atoms with E-state index in [2.05, 4.69) is 4.98 Å². The third-order valence-electron chi connectivity index (χ3n) is 2.96. The SMILES string of the molecule is Nc1ccc(C(O)CSc2nc3ccccc3o2)cc1. The number of hydrogen-bond donors (Lipinski definition) is 2. The maximum Gasteiger partial charge on any atom is 0.256 e. The number of aliphatic hydroxyl groups excluding tert-OH is 1. The standard InChI is InChI=1S/C15H14N2O2S/c16-11-7-5-10(6-8-11)13(18)9-20-15-17-12-3-1-2-4-14(12)19-15/h1-8,13,18H,9,16H2. The van der Waals surface area contributed by atoms with Crippen LogP contribution in [-0.2, 0) is 0 Å². The number of nitrogen functional groups attached to an aromatic ring is 1. The Bertz CT molecular complexity index is 676. The summed E-state index contributed by atoms with van der Waals surface area (Å²) in [6.45, 7) is 0. The van der Waals surface area contributed by atoms with Gasteiger partial charge in [0.05, 0.1) is 6.10 Å². The lowest BCUT2D eigenvalue weighted by molar-refractivity contribution is 0.204. The molecule has 102 valence electrons. The molecule has 0 amide bonds. The number of fused-ring (bicyclic) bond motifs is 1. The Kier molecular flexibility index (Phi) is 3.62. The molecule has 0 aliphatic rings.